The molecule has 0 spiro atoms. The number of rotatable bonds is 5. The molecule has 2 aliphatic rings. The summed E-state index contributed by atoms with van der Waals surface area (Å²) in [4.78, 5) is 48.9. The van der Waals surface area contributed by atoms with E-state index < -0.39 is 22.9 Å². The minimum absolute atomic E-state index is 0.0186. The van der Waals surface area contributed by atoms with Gasteiger partial charge in [0.15, 0.2) is 0 Å². The summed E-state index contributed by atoms with van der Waals surface area (Å²) >= 11 is 0. The average molecular weight is 500 g/mol. The van der Waals surface area contributed by atoms with Crippen LogP contribution in [-0.4, -0.2) is 72.1 Å². The SMILES string of the molecule is COC(=O)N1CCC(CCC(=O)Nc2cc3c(cc2[N+](=O)[O-])CCN(C(=O)C(F)(F)F)CC3)CC1. The Labute approximate surface area is 199 Å². The van der Waals surface area contributed by atoms with Gasteiger partial charge in [0.25, 0.3) is 5.69 Å². The first-order valence-corrected chi connectivity index (χ1v) is 11.3. The topological polar surface area (TPSA) is 122 Å². The summed E-state index contributed by atoms with van der Waals surface area (Å²) in [5.41, 5.74) is 0.664. The lowest BCUT2D eigenvalue weighted by Gasteiger charge is -2.30. The van der Waals surface area contributed by atoms with E-state index >= 15 is 0 Å². The molecule has 1 aromatic rings. The van der Waals surface area contributed by atoms with E-state index in [4.69, 9.17) is 4.74 Å². The Morgan fingerprint density at radius 1 is 1.09 bits per heavy atom. The van der Waals surface area contributed by atoms with Crippen LogP contribution in [0.25, 0.3) is 0 Å². The monoisotopic (exact) mass is 500 g/mol. The number of hydrogen-bond donors (Lipinski definition) is 1. The molecule has 1 fully saturated rings. The normalized spacial score (nSPS) is 16.8. The van der Waals surface area contributed by atoms with Gasteiger partial charge in [-0.05, 0) is 55.2 Å². The molecule has 3 amide bonds. The molecule has 192 valence electrons. The molecule has 2 aliphatic heterocycles. The maximum atomic E-state index is 12.8. The van der Waals surface area contributed by atoms with Crippen LogP contribution in [0.2, 0.25) is 0 Å². The van der Waals surface area contributed by atoms with Gasteiger partial charge in [-0.25, -0.2) is 4.79 Å². The first-order valence-electron chi connectivity index (χ1n) is 11.3. The Morgan fingerprint density at radius 3 is 2.23 bits per heavy atom. The van der Waals surface area contributed by atoms with E-state index in [1.165, 1.54) is 19.2 Å². The highest BCUT2D eigenvalue weighted by molar-refractivity contribution is 5.93. The molecule has 0 bridgehead atoms. The maximum Gasteiger partial charge on any atom is 0.471 e. The molecule has 1 N–H and O–H groups in total. The minimum atomic E-state index is -4.99. The van der Waals surface area contributed by atoms with Crippen molar-refractivity contribution >= 4 is 29.3 Å². The molecule has 3 rings (SSSR count). The van der Waals surface area contributed by atoms with Crippen molar-refractivity contribution in [3.8, 4) is 0 Å². The van der Waals surface area contributed by atoms with Gasteiger partial charge in [0.2, 0.25) is 5.91 Å². The standard InChI is InChI=1S/C22H27F3N4O6/c1-35-21(32)28-8-4-14(5-9-28)2-3-19(30)26-17-12-15-6-10-27(20(31)22(23,24)25)11-7-16(15)13-18(17)29(33)34/h12-14H,2-11H2,1H3,(H,26,30). The molecule has 1 aromatic carbocycles. The molecular weight excluding hydrogens is 473 g/mol. The van der Waals surface area contributed by atoms with E-state index in [2.05, 4.69) is 5.32 Å². The van der Waals surface area contributed by atoms with Crippen LogP contribution in [0, 0.1) is 16.0 Å². The molecule has 0 unspecified atom stereocenters. The number of nitrogens with one attached hydrogen (secondary N) is 1. The molecule has 0 aliphatic carbocycles. The fraction of sp³-hybridized carbons (Fsp3) is 0.591. The highest BCUT2D eigenvalue weighted by Crippen LogP contribution is 2.32. The number of piperidine rings is 1. The van der Waals surface area contributed by atoms with Crippen LogP contribution in [-0.2, 0) is 27.2 Å². The number of benzene rings is 1. The molecule has 10 nitrogen and oxygen atoms in total. The molecule has 0 atom stereocenters. The Morgan fingerprint density at radius 2 is 1.69 bits per heavy atom. The minimum Gasteiger partial charge on any atom is -0.453 e. The maximum absolute atomic E-state index is 12.8. The highest BCUT2D eigenvalue weighted by Gasteiger charge is 2.42. The van der Waals surface area contributed by atoms with Crippen molar-refractivity contribution in [3.63, 3.8) is 0 Å². The summed E-state index contributed by atoms with van der Waals surface area (Å²) in [5, 5.41) is 14.2. The van der Waals surface area contributed by atoms with Gasteiger partial charge >= 0.3 is 18.2 Å². The summed E-state index contributed by atoms with van der Waals surface area (Å²) < 4.78 is 43.1. The van der Waals surface area contributed by atoms with Crippen LogP contribution in [0.1, 0.15) is 36.8 Å². The third-order valence-corrected chi connectivity index (χ3v) is 6.45. The van der Waals surface area contributed by atoms with Gasteiger partial charge in [0, 0.05) is 38.7 Å². The molecule has 1 saturated heterocycles. The second kappa shape index (κ2) is 10.9. The van der Waals surface area contributed by atoms with E-state index in [1.807, 2.05) is 0 Å². The van der Waals surface area contributed by atoms with Gasteiger partial charge in [0.1, 0.15) is 5.69 Å². The van der Waals surface area contributed by atoms with Gasteiger partial charge in [0.05, 0.1) is 12.0 Å². The largest absolute Gasteiger partial charge is 0.471 e. The molecule has 35 heavy (non-hydrogen) atoms. The zero-order chi connectivity index (χ0) is 25.8. The van der Waals surface area contributed by atoms with Crippen LogP contribution < -0.4 is 5.32 Å². The van der Waals surface area contributed by atoms with E-state index in [1.54, 1.807) is 4.90 Å². The lowest BCUT2D eigenvalue weighted by Crippen LogP contribution is -2.42. The predicted molar refractivity (Wildman–Crippen MR) is 118 cm³/mol. The quantitative estimate of drug-likeness (QED) is 0.489. The van der Waals surface area contributed by atoms with Crippen LogP contribution in [0.3, 0.4) is 0 Å². The zero-order valence-corrected chi connectivity index (χ0v) is 19.2. The molecule has 13 heteroatoms. The van der Waals surface area contributed by atoms with E-state index in [0.29, 0.717) is 48.4 Å². The average Bonchev–Trinajstić information content (AvgIpc) is 3.03. The number of methoxy groups -OCH3 is 1. The number of halogens is 3. The van der Waals surface area contributed by atoms with Crippen molar-refractivity contribution in [3.05, 3.63) is 33.4 Å². The Balaban J connectivity index is 1.62. The zero-order valence-electron chi connectivity index (χ0n) is 19.2. The lowest BCUT2D eigenvalue weighted by atomic mass is 9.92. The fourth-order valence-electron chi connectivity index (χ4n) is 4.48. The second-order valence-corrected chi connectivity index (χ2v) is 8.67. The number of hydrogen-bond acceptors (Lipinski definition) is 6. The summed E-state index contributed by atoms with van der Waals surface area (Å²) in [6, 6.07) is 2.68. The van der Waals surface area contributed by atoms with Crippen molar-refractivity contribution in [2.75, 3.05) is 38.6 Å². The first-order chi connectivity index (χ1) is 16.5. The van der Waals surface area contributed by atoms with E-state index in [9.17, 15) is 37.7 Å². The number of alkyl halides is 3. The number of likely N-dealkylation sites (tertiary alicyclic amines) is 1. The van der Waals surface area contributed by atoms with Crippen molar-refractivity contribution in [2.45, 2.75) is 44.7 Å². The van der Waals surface area contributed by atoms with Gasteiger partial charge in [-0.2, -0.15) is 13.2 Å². The number of carbonyl (C=O) groups is 3. The van der Waals surface area contributed by atoms with Crippen molar-refractivity contribution in [1.82, 2.24) is 9.80 Å². The molecule has 0 aromatic heterocycles. The molecule has 2 heterocycles. The Bertz CT molecular complexity index is 992. The Kier molecular flexibility index (Phi) is 8.18. The van der Waals surface area contributed by atoms with Crippen LogP contribution >= 0.6 is 0 Å². The van der Waals surface area contributed by atoms with Gasteiger partial charge in [-0.15, -0.1) is 0 Å². The third-order valence-electron chi connectivity index (χ3n) is 6.45. The summed E-state index contributed by atoms with van der Waals surface area (Å²) in [5.74, 6) is -2.13. The smallest absolute Gasteiger partial charge is 0.453 e. The fourth-order valence-corrected chi connectivity index (χ4v) is 4.48. The number of amides is 3. The van der Waals surface area contributed by atoms with Gasteiger partial charge in [-0.1, -0.05) is 0 Å². The van der Waals surface area contributed by atoms with Crippen molar-refractivity contribution in [1.29, 1.82) is 0 Å². The number of nitro benzene ring substituents is 1. The third kappa shape index (κ3) is 6.61. The Hall–Kier alpha value is -3.38. The number of carbonyl (C=O) groups excluding carboxylic acids is 3. The highest BCUT2D eigenvalue weighted by atomic mass is 19.4. The predicted octanol–water partition coefficient (Wildman–Crippen LogP) is 3.28. The van der Waals surface area contributed by atoms with Crippen molar-refractivity contribution in [2.24, 2.45) is 5.92 Å². The molecule has 0 saturated carbocycles. The lowest BCUT2D eigenvalue weighted by molar-refractivity contribution is -0.384. The number of fused-ring (bicyclic) bond motifs is 1. The number of nitrogens with zero attached hydrogens (tertiary/aromatic N) is 3. The summed E-state index contributed by atoms with van der Waals surface area (Å²) in [6.07, 6.45) is -3.14. The second-order valence-electron chi connectivity index (χ2n) is 8.67. The summed E-state index contributed by atoms with van der Waals surface area (Å²) in [7, 11) is 1.32. The number of anilines is 1. The first kappa shape index (κ1) is 26.2. The van der Waals surface area contributed by atoms with Gasteiger partial charge < -0.3 is 19.9 Å². The van der Waals surface area contributed by atoms with E-state index in [0.717, 1.165) is 0 Å². The molecule has 0 radical (unpaired) electrons. The van der Waals surface area contributed by atoms with Crippen LogP contribution in [0.5, 0.6) is 0 Å². The number of ether oxygens (including phenoxy) is 1. The number of nitro groups is 1. The van der Waals surface area contributed by atoms with Crippen LogP contribution in [0.4, 0.5) is 29.3 Å². The van der Waals surface area contributed by atoms with E-state index in [-0.39, 0.29) is 55.7 Å². The molecular formula is C22H27F3N4O6. The van der Waals surface area contributed by atoms with Crippen LogP contribution in [0.15, 0.2) is 12.1 Å². The van der Waals surface area contributed by atoms with Gasteiger partial charge in [-0.3, -0.25) is 19.7 Å². The van der Waals surface area contributed by atoms with Crippen molar-refractivity contribution < 1.29 is 37.2 Å². The summed E-state index contributed by atoms with van der Waals surface area (Å²) in [6.45, 7) is 0.677.